The van der Waals surface area contributed by atoms with Gasteiger partial charge in [-0.1, -0.05) is 5.11 Å². The number of hydrogen-bond donors (Lipinski definition) is 0. The largest absolute Gasteiger partial charge is 0.267 e. The van der Waals surface area contributed by atoms with Crippen molar-refractivity contribution < 1.29 is 0 Å². The number of rotatable bonds is 4. The Morgan fingerprint density at radius 1 is 1.47 bits per heavy atom. The maximum Gasteiger partial charge on any atom is 0.0628 e. The lowest BCUT2D eigenvalue weighted by Crippen LogP contribution is -2.05. The molecular formula is C10H17N5. The zero-order valence-corrected chi connectivity index (χ0v) is 9.73. The zero-order valence-electron chi connectivity index (χ0n) is 9.73. The predicted molar refractivity (Wildman–Crippen MR) is 59.8 cm³/mol. The van der Waals surface area contributed by atoms with Crippen LogP contribution in [0.4, 0.5) is 0 Å². The molecule has 0 unspecified atom stereocenters. The van der Waals surface area contributed by atoms with Gasteiger partial charge in [-0.3, -0.25) is 4.68 Å². The molecule has 15 heavy (non-hydrogen) atoms. The smallest absolute Gasteiger partial charge is 0.0628 e. The van der Waals surface area contributed by atoms with Crippen LogP contribution in [0.15, 0.2) is 5.11 Å². The van der Waals surface area contributed by atoms with Crippen molar-refractivity contribution in [2.24, 2.45) is 5.11 Å². The highest BCUT2D eigenvalue weighted by Gasteiger charge is 2.12. The van der Waals surface area contributed by atoms with E-state index >= 15 is 0 Å². The van der Waals surface area contributed by atoms with Crippen molar-refractivity contribution in [3.05, 3.63) is 27.4 Å². The first kappa shape index (κ1) is 11.6. The molecule has 0 aliphatic rings. The third-order valence-electron chi connectivity index (χ3n) is 2.49. The molecule has 0 aliphatic carbocycles. The summed E-state index contributed by atoms with van der Waals surface area (Å²) >= 11 is 0. The van der Waals surface area contributed by atoms with Crippen LogP contribution in [0.1, 0.15) is 36.8 Å². The van der Waals surface area contributed by atoms with E-state index in [2.05, 4.69) is 35.9 Å². The molecule has 0 spiro atoms. The Balaban J connectivity index is 2.92. The predicted octanol–water partition coefficient (Wildman–Crippen LogP) is 2.93. The van der Waals surface area contributed by atoms with Gasteiger partial charge < -0.3 is 0 Å². The SMILES string of the molecule is Cc1nn(C(C)C)c(C)c1CCN=[N+]=[N-]. The highest BCUT2D eigenvalue weighted by Crippen LogP contribution is 2.17. The molecule has 82 valence electrons. The van der Waals surface area contributed by atoms with Crippen molar-refractivity contribution in [2.75, 3.05) is 6.54 Å². The zero-order chi connectivity index (χ0) is 11.4. The van der Waals surface area contributed by atoms with Gasteiger partial charge in [0.15, 0.2) is 0 Å². The van der Waals surface area contributed by atoms with Gasteiger partial charge in [-0.25, -0.2) is 0 Å². The summed E-state index contributed by atoms with van der Waals surface area (Å²) in [4.78, 5) is 2.75. The summed E-state index contributed by atoms with van der Waals surface area (Å²) in [5.41, 5.74) is 11.6. The van der Waals surface area contributed by atoms with Gasteiger partial charge in [-0.15, -0.1) is 0 Å². The lowest BCUT2D eigenvalue weighted by Gasteiger charge is -2.08. The molecule has 0 amide bonds. The van der Waals surface area contributed by atoms with Crippen LogP contribution in [0, 0.1) is 13.8 Å². The van der Waals surface area contributed by atoms with Gasteiger partial charge in [-0.05, 0) is 45.2 Å². The summed E-state index contributed by atoms with van der Waals surface area (Å²) < 4.78 is 2.01. The van der Waals surface area contributed by atoms with Crippen molar-refractivity contribution in [1.82, 2.24) is 9.78 Å². The van der Waals surface area contributed by atoms with Crippen LogP contribution >= 0.6 is 0 Å². The third kappa shape index (κ3) is 2.50. The van der Waals surface area contributed by atoms with Crippen LogP contribution in [0.25, 0.3) is 10.4 Å². The molecule has 1 heterocycles. The molecule has 0 radical (unpaired) electrons. The molecule has 0 saturated heterocycles. The van der Waals surface area contributed by atoms with Gasteiger partial charge in [0.2, 0.25) is 0 Å². The molecule has 0 bridgehead atoms. The fraction of sp³-hybridized carbons (Fsp3) is 0.700. The Morgan fingerprint density at radius 3 is 2.60 bits per heavy atom. The molecule has 0 saturated carbocycles. The van der Waals surface area contributed by atoms with E-state index in [1.54, 1.807) is 0 Å². The van der Waals surface area contributed by atoms with Crippen LogP contribution in [0.2, 0.25) is 0 Å². The highest BCUT2D eigenvalue weighted by molar-refractivity contribution is 5.25. The molecule has 0 atom stereocenters. The van der Waals surface area contributed by atoms with Crippen LogP contribution < -0.4 is 0 Å². The number of aromatic nitrogens is 2. The van der Waals surface area contributed by atoms with Crippen molar-refractivity contribution in [2.45, 2.75) is 40.2 Å². The third-order valence-corrected chi connectivity index (χ3v) is 2.49. The van der Waals surface area contributed by atoms with E-state index in [1.807, 2.05) is 11.6 Å². The Labute approximate surface area is 89.7 Å². The molecule has 1 aromatic heterocycles. The molecule has 1 rings (SSSR count). The summed E-state index contributed by atoms with van der Waals surface area (Å²) in [7, 11) is 0. The minimum absolute atomic E-state index is 0.372. The van der Waals surface area contributed by atoms with E-state index in [9.17, 15) is 0 Å². The molecule has 5 nitrogen and oxygen atoms in total. The van der Waals surface area contributed by atoms with Crippen molar-refractivity contribution in [3.8, 4) is 0 Å². The van der Waals surface area contributed by atoms with Gasteiger partial charge in [0.05, 0.1) is 5.69 Å². The normalized spacial score (nSPS) is 10.5. The standard InChI is InChI=1S/C10H17N5/c1-7(2)15-9(4)10(8(3)13-15)5-6-12-14-11/h7H,5-6H2,1-4H3. The van der Waals surface area contributed by atoms with Gasteiger partial charge in [0.25, 0.3) is 0 Å². The lowest BCUT2D eigenvalue weighted by molar-refractivity contribution is 0.515. The minimum Gasteiger partial charge on any atom is -0.267 e. The summed E-state index contributed by atoms with van der Waals surface area (Å²) in [5.74, 6) is 0. The average molecular weight is 207 g/mol. The molecule has 0 aliphatic heterocycles. The summed E-state index contributed by atoms with van der Waals surface area (Å²) in [6.45, 7) is 8.78. The summed E-state index contributed by atoms with van der Waals surface area (Å²) in [5, 5.41) is 8.02. The van der Waals surface area contributed by atoms with Crippen LogP contribution in [0.5, 0.6) is 0 Å². The quantitative estimate of drug-likeness (QED) is 0.425. The molecule has 0 aromatic carbocycles. The Hall–Kier alpha value is -1.48. The fourth-order valence-corrected chi connectivity index (χ4v) is 1.77. The van der Waals surface area contributed by atoms with Gasteiger partial charge in [0.1, 0.15) is 0 Å². The molecular weight excluding hydrogens is 190 g/mol. The van der Waals surface area contributed by atoms with E-state index in [1.165, 1.54) is 11.3 Å². The van der Waals surface area contributed by atoms with E-state index < -0.39 is 0 Å². The second kappa shape index (κ2) is 4.84. The molecule has 1 aromatic rings. The van der Waals surface area contributed by atoms with Crippen LogP contribution in [0.3, 0.4) is 0 Å². The first-order chi connectivity index (χ1) is 7.07. The van der Waals surface area contributed by atoms with Gasteiger partial charge >= 0.3 is 0 Å². The first-order valence-corrected chi connectivity index (χ1v) is 5.13. The second-order valence-corrected chi connectivity index (χ2v) is 3.89. The Kier molecular flexibility index (Phi) is 3.74. The van der Waals surface area contributed by atoms with Gasteiger partial charge in [0, 0.05) is 23.2 Å². The lowest BCUT2D eigenvalue weighted by atomic mass is 10.1. The van der Waals surface area contributed by atoms with Crippen molar-refractivity contribution in [3.63, 3.8) is 0 Å². The number of azide groups is 1. The maximum absolute atomic E-state index is 8.21. The van der Waals surface area contributed by atoms with E-state index in [0.717, 1.165) is 12.1 Å². The Bertz CT molecular complexity index is 385. The van der Waals surface area contributed by atoms with E-state index in [4.69, 9.17) is 5.53 Å². The number of hydrogen-bond acceptors (Lipinski definition) is 2. The van der Waals surface area contributed by atoms with Crippen LogP contribution in [-0.2, 0) is 6.42 Å². The first-order valence-electron chi connectivity index (χ1n) is 5.13. The van der Waals surface area contributed by atoms with Gasteiger partial charge in [-0.2, -0.15) is 5.10 Å². The highest BCUT2D eigenvalue weighted by atomic mass is 15.3. The summed E-state index contributed by atoms with van der Waals surface area (Å²) in [6, 6.07) is 0.372. The molecule has 0 fully saturated rings. The topological polar surface area (TPSA) is 66.6 Å². The van der Waals surface area contributed by atoms with Crippen molar-refractivity contribution in [1.29, 1.82) is 0 Å². The second-order valence-electron chi connectivity index (χ2n) is 3.89. The summed E-state index contributed by atoms with van der Waals surface area (Å²) in [6.07, 6.45) is 0.772. The Morgan fingerprint density at radius 2 is 2.13 bits per heavy atom. The maximum atomic E-state index is 8.21. The molecule has 0 N–H and O–H groups in total. The van der Waals surface area contributed by atoms with E-state index in [0.29, 0.717) is 12.6 Å². The minimum atomic E-state index is 0.372. The van der Waals surface area contributed by atoms with E-state index in [-0.39, 0.29) is 0 Å². The number of nitrogens with zero attached hydrogens (tertiary/aromatic N) is 5. The monoisotopic (exact) mass is 207 g/mol. The average Bonchev–Trinajstić information content (AvgIpc) is 2.45. The van der Waals surface area contributed by atoms with Crippen molar-refractivity contribution >= 4 is 0 Å². The fourth-order valence-electron chi connectivity index (χ4n) is 1.77. The van der Waals surface area contributed by atoms with Crippen LogP contribution in [-0.4, -0.2) is 16.3 Å². The molecule has 5 heteroatoms. The number of aryl methyl sites for hydroxylation is 1.